The summed E-state index contributed by atoms with van der Waals surface area (Å²) < 4.78 is 0. The van der Waals surface area contributed by atoms with E-state index in [2.05, 4.69) is 55.1 Å². The Bertz CT molecular complexity index is 646. The fourth-order valence-electron chi connectivity index (χ4n) is 1.74. The third-order valence-electron chi connectivity index (χ3n) is 2.76. The Morgan fingerprint density at radius 1 is 1.15 bits per heavy atom. The maximum atomic E-state index is 8.54. The smallest absolute Gasteiger partial charge is 0.0530 e. The van der Waals surface area contributed by atoms with Gasteiger partial charge in [0.25, 0.3) is 0 Å². The average Bonchev–Trinajstić information content (AvgIpc) is 2.50. The summed E-state index contributed by atoms with van der Waals surface area (Å²) >= 11 is 1.79. The van der Waals surface area contributed by atoms with Gasteiger partial charge >= 0.3 is 0 Å². The van der Waals surface area contributed by atoms with Crippen molar-refractivity contribution in [1.29, 1.82) is 0 Å². The van der Waals surface area contributed by atoms with Crippen LogP contribution in [0.15, 0.2) is 83.9 Å². The highest BCUT2D eigenvalue weighted by molar-refractivity contribution is 7.99. The fourth-order valence-corrected chi connectivity index (χ4v) is 2.52. The van der Waals surface area contributed by atoms with Crippen LogP contribution in [0.4, 0.5) is 0 Å². The topological polar surface area (TPSA) is 32.3 Å². The van der Waals surface area contributed by atoms with Gasteiger partial charge in [0.05, 0.1) is 5.70 Å². The van der Waals surface area contributed by atoms with Crippen molar-refractivity contribution in [3.8, 4) is 0 Å². The van der Waals surface area contributed by atoms with Gasteiger partial charge in [-0.2, -0.15) is 0 Å². The number of hydrogen-bond acceptors (Lipinski definition) is 3. The molecule has 0 atom stereocenters. The molecule has 0 heterocycles. The molecule has 0 aliphatic rings. The number of rotatable bonds is 6. The molecule has 0 fully saturated rings. The van der Waals surface area contributed by atoms with Gasteiger partial charge in [-0.05, 0) is 29.0 Å². The van der Waals surface area contributed by atoms with Gasteiger partial charge in [0, 0.05) is 10.6 Å². The van der Waals surface area contributed by atoms with E-state index in [1.807, 2.05) is 17.6 Å². The number of benzene rings is 2. The minimum absolute atomic E-state index is 0.469. The Kier molecular flexibility index (Phi) is 5.47. The minimum Gasteiger partial charge on any atom is -0.291 e. The lowest BCUT2D eigenvalue weighted by Crippen LogP contribution is -2.01. The molecule has 2 N–H and O–H groups in total. The zero-order chi connectivity index (χ0) is 14.2. The molecule has 102 valence electrons. The van der Waals surface area contributed by atoms with E-state index in [4.69, 9.17) is 5.21 Å². The monoisotopic (exact) mass is 283 g/mol. The van der Waals surface area contributed by atoms with Gasteiger partial charge in [-0.1, -0.05) is 55.1 Å². The van der Waals surface area contributed by atoms with Crippen LogP contribution in [0, 0.1) is 0 Å². The molecule has 0 aromatic heterocycles. The van der Waals surface area contributed by atoms with E-state index in [-0.39, 0.29) is 0 Å². The van der Waals surface area contributed by atoms with Crippen LogP contribution < -0.4 is 5.48 Å². The summed E-state index contributed by atoms with van der Waals surface area (Å²) in [5, 5.41) is 11.1. The number of nitrogens with one attached hydrogen (secondary N) is 1. The zero-order valence-corrected chi connectivity index (χ0v) is 11.9. The van der Waals surface area contributed by atoms with Crippen molar-refractivity contribution >= 4 is 22.5 Å². The zero-order valence-electron chi connectivity index (χ0n) is 11.1. The SMILES string of the molecule is C=C(/C=C/C=C/CSc1ccc2ccccc2c1)NO. The normalized spacial score (nSPS) is 11.4. The molecule has 0 saturated carbocycles. The lowest BCUT2D eigenvalue weighted by atomic mass is 10.1. The summed E-state index contributed by atoms with van der Waals surface area (Å²) in [6.07, 6.45) is 7.56. The average molecular weight is 283 g/mol. The Labute approximate surface area is 123 Å². The van der Waals surface area contributed by atoms with Crippen molar-refractivity contribution in [3.63, 3.8) is 0 Å². The van der Waals surface area contributed by atoms with E-state index < -0.39 is 0 Å². The highest BCUT2D eigenvalue weighted by atomic mass is 32.2. The highest BCUT2D eigenvalue weighted by Crippen LogP contribution is 2.23. The van der Waals surface area contributed by atoms with Crippen LogP contribution in [0.2, 0.25) is 0 Å². The number of hydroxylamine groups is 1. The summed E-state index contributed by atoms with van der Waals surface area (Å²) in [5.74, 6) is 0.904. The third-order valence-corrected chi connectivity index (χ3v) is 3.70. The van der Waals surface area contributed by atoms with Gasteiger partial charge in [0.2, 0.25) is 0 Å². The van der Waals surface area contributed by atoms with Crippen LogP contribution in [0.1, 0.15) is 0 Å². The molecule has 0 saturated heterocycles. The molecule has 2 aromatic carbocycles. The lowest BCUT2D eigenvalue weighted by Gasteiger charge is -2.01. The minimum atomic E-state index is 0.469. The van der Waals surface area contributed by atoms with Gasteiger partial charge in [0.15, 0.2) is 0 Å². The second-order valence-electron chi connectivity index (χ2n) is 4.24. The fraction of sp³-hybridized carbons (Fsp3) is 0.0588. The molecule has 2 nitrogen and oxygen atoms in total. The molecule has 0 radical (unpaired) electrons. The van der Waals surface area contributed by atoms with E-state index in [0.717, 1.165) is 5.75 Å². The summed E-state index contributed by atoms with van der Waals surface area (Å²) in [6.45, 7) is 3.58. The maximum Gasteiger partial charge on any atom is 0.0530 e. The van der Waals surface area contributed by atoms with Gasteiger partial charge in [-0.15, -0.1) is 11.8 Å². The standard InChI is InChI=1S/C17H17NOS/c1-14(18-19)7-3-2-6-12-20-17-11-10-15-8-4-5-9-16(15)13-17/h2-11,13,18-19H,1,12H2/b6-2+,7-3+. The summed E-state index contributed by atoms with van der Waals surface area (Å²) in [7, 11) is 0. The number of allylic oxidation sites excluding steroid dienone is 3. The molecule has 2 aromatic rings. The molecule has 3 heteroatoms. The van der Waals surface area contributed by atoms with Crippen molar-refractivity contribution in [2.24, 2.45) is 0 Å². The Hall–Kier alpha value is -1.97. The van der Waals surface area contributed by atoms with Crippen LogP contribution in [-0.4, -0.2) is 11.0 Å². The van der Waals surface area contributed by atoms with Crippen molar-refractivity contribution in [1.82, 2.24) is 5.48 Å². The van der Waals surface area contributed by atoms with E-state index >= 15 is 0 Å². The lowest BCUT2D eigenvalue weighted by molar-refractivity contribution is 0.205. The molecule has 20 heavy (non-hydrogen) atoms. The Balaban J connectivity index is 1.88. The molecular formula is C17H17NOS. The quantitative estimate of drug-likeness (QED) is 0.464. The second kappa shape index (κ2) is 7.58. The second-order valence-corrected chi connectivity index (χ2v) is 5.34. The van der Waals surface area contributed by atoms with Gasteiger partial charge in [0.1, 0.15) is 0 Å². The molecule has 0 aliphatic carbocycles. The van der Waals surface area contributed by atoms with E-state index in [1.165, 1.54) is 15.7 Å². The summed E-state index contributed by atoms with van der Waals surface area (Å²) in [6, 6.07) is 14.9. The van der Waals surface area contributed by atoms with E-state index in [9.17, 15) is 0 Å². The van der Waals surface area contributed by atoms with Crippen LogP contribution in [0.25, 0.3) is 10.8 Å². The molecule has 0 aliphatic heterocycles. The maximum absolute atomic E-state index is 8.54. The first kappa shape index (κ1) is 14.4. The molecular weight excluding hydrogens is 266 g/mol. The van der Waals surface area contributed by atoms with E-state index in [1.54, 1.807) is 17.8 Å². The molecule has 0 unspecified atom stereocenters. The molecule has 0 spiro atoms. The van der Waals surface area contributed by atoms with Crippen molar-refractivity contribution in [2.45, 2.75) is 4.90 Å². The van der Waals surface area contributed by atoms with Gasteiger partial charge in [-0.25, -0.2) is 0 Å². The predicted octanol–water partition coefficient (Wildman–Crippen LogP) is 4.54. The van der Waals surface area contributed by atoms with Gasteiger partial charge in [-0.3, -0.25) is 10.7 Å². The first-order chi connectivity index (χ1) is 9.79. The van der Waals surface area contributed by atoms with Gasteiger partial charge < -0.3 is 0 Å². The number of fused-ring (bicyclic) bond motifs is 1. The van der Waals surface area contributed by atoms with Crippen molar-refractivity contribution < 1.29 is 5.21 Å². The molecule has 2 rings (SSSR count). The first-order valence-electron chi connectivity index (χ1n) is 6.33. The van der Waals surface area contributed by atoms with Crippen LogP contribution >= 0.6 is 11.8 Å². The van der Waals surface area contributed by atoms with E-state index in [0.29, 0.717) is 5.70 Å². The number of hydrogen-bond donors (Lipinski definition) is 2. The molecule has 0 amide bonds. The van der Waals surface area contributed by atoms with Crippen LogP contribution in [-0.2, 0) is 0 Å². The largest absolute Gasteiger partial charge is 0.291 e. The third kappa shape index (κ3) is 4.30. The Morgan fingerprint density at radius 3 is 2.75 bits per heavy atom. The van der Waals surface area contributed by atoms with Crippen LogP contribution in [0.3, 0.4) is 0 Å². The summed E-state index contributed by atoms with van der Waals surface area (Å²) in [5.41, 5.74) is 2.45. The Morgan fingerprint density at radius 2 is 1.95 bits per heavy atom. The highest BCUT2D eigenvalue weighted by Gasteiger charge is 1.95. The van der Waals surface area contributed by atoms with Crippen molar-refractivity contribution in [2.75, 3.05) is 5.75 Å². The van der Waals surface area contributed by atoms with Crippen LogP contribution in [0.5, 0.6) is 0 Å². The molecule has 0 bridgehead atoms. The summed E-state index contributed by atoms with van der Waals surface area (Å²) in [4.78, 5) is 1.26. The predicted molar refractivity (Wildman–Crippen MR) is 87.0 cm³/mol. The van der Waals surface area contributed by atoms with Crippen molar-refractivity contribution in [3.05, 3.63) is 79.0 Å². The first-order valence-corrected chi connectivity index (χ1v) is 7.32. The number of thioether (sulfide) groups is 1.